The molecule has 3 rings (SSSR count). The molecule has 6 nitrogen and oxygen atoms in total. The highest BCUT2D eigenvalue weighted by Gasteiger charge is 2.15. The molecular weight excluding hydrogens is 384 g/mol. The zero-order chi connectivity index (χ0) is 20.6. The standard InChI is InChI=1S/C22H26N4O2S/c1-4-13-26-21(17-8-6-7-16(3)14-17)24-25-22(26)29-15-20(27)23-18-9-11-19(12-10-18)28-5-2/h6-12,14H,4-5,13,15H2,1-3H3,(H,23,27). The number of rotatable bonds is 9. The second-order valence-electron chi connectivity index (χ2n) is 6.62. The summed E-state index contributed by atoms with van der Waals surface area (Å²) in [6.07, 6.45) is 0.961. The second-order valence-corrected chi connectivity index (χ2v) is 7.56. The van der Waals surface area contributed by atoms with Crippen molar-refractivity contribution in [3.05, 3.63) is 54.1 Å². The van der Waals surface area contributed by atoms with E-state index in [1.807, 2.05) is 43.3 Å². The fourth-order valence-corrected chi connectivity index (χ4v) is 3.71. The number of aromatic nitrogens is 3. The van der Waals surface area contributed by atoms with Crippen molar-refractivity contribution < 1.29 is 9.53 Å². The molecule has 0 saturated heterocycles. The fraction of sp³-hybridized carbons (Fsp3) is 0.318. The summed E-state index contributed by atoms with van der Waals surface area (Å²) >= 11 is 1.40. The topological polar surface area (TPSA) is 69.0 Å². The van der Waals surface area contributed by atoms with Crippen molar-refractivity contribution in [2.45, 2.75) is 38.9 Å². The normalized spacial score (nSPS) is 10.7. The molecule has 0 aliphatic rings. The van der Waals surface area contributed by atoms with E-state index in [1.165, 1.54) is 17.3 Å². The first kappa shape index (κ1) is 20.9. The average molecular weight is 411 g/mol. The van der Waals surface area contributed by atoms with E-state index < -0.39 is 0 Å². The summed E-state index contributed by atoms with van der Waals surface area (Å²) in [7, 11) is 0. The van der Waals surface area contributed by atoms with Crippen LogP contribution in [0.25, 0.3) is 11.4 Å². The zero-order valence-corrected chi connectivity index (χ0v) is 17.8. The number of ether oxygens (including phenoxy) is 1. The maximum atomic E-state index is 12.4. The molecule has 0 radical (unpaired) electrons. The van der Waals surface area contributed by atoms with Crippen LogP contribution in [0, 0.1) is 6.92 Å². The quantitative estimate of drug-likeness (QED) is 0.514. The predicted octanol–water partition coefficient (Wildman–Crippen LogP) is 4.79. The van der Waals surface area contributed by atoms with E-state index in [0.29, 0.717) is 6.61 Å². The van der Waals surface area contributed by atoms with Crippen molar-refractivity contribution in [1.29, 1.82) is 0 Å². The summed E-state index contributed by atoms with van der Waals surface area (Å²) in [6, 6.07) is 15.6. The number of carbonyl (C=O) groups is 1. The van der Waals surface area contributed by atoms with Gasteiger partial charge in [-0.3, -0.25) is 4.79 Å². The molecule has 0 spiro atoms. The van der Waals surface area contributed by atoms with Crippen molar-refractivity contribution in [2.75, 3.05) is 17.7 Å². The van der Waals surface area contributed by atoms with Gasteiger partial charge in [-0.25, -0.2) is 0 Å². The Morgan fingerprint density at radius 3 is 2.62 bits per heavy atom. The minimum atomic E-state index is -0.0812. The number of nitrogens with one attached hydrogen (secondary N) is 1. The van der Waals surface area contributed by atoms with Crippen LogP contribution in [0.3, 0.4) is 0 Å². The van der Waals surface area contributed by atoms with Crippen LogP contribution < -0.4 is 10.1 Å². The van der Waals surface area contributed by atoms with Crippen LogP contribution in [0.2, 0.25) is 0 Å². The van der Waals surface area contributed by atoms with E-state index in [1.54, 1.807) is 0 Å². The van der Waals surface area contributed by atoms with Gasteiger partial charge in [0.25, 0.3) is 0 Å². The maximum absolute atomic E-state index is 12.4. The molecule has 1 heterocycles. The summed E-state index contributed by atoms with van der Waals surface area (Å²) in [6.45, 7) is 7.54. The highest BCUT2D eigenvalue weighted by molar-refractivity contribution is 7.99. The lowest BCUT2D eigenvalue weighted by molar-refractivity contribution is -0.113. The van der Waals surface area contributed by atoms with Gasteiger partial charge in [0.2, 0.25) is 5.91 Å². The number of carbonyl (C=O) groups excluding carboxylic acids is 1. The minimum Gasteiger partial charge on any atom is -0.494 e. The molecule has 1 amide bonds. The Bertz CT molecular complexity index is 954. The van der Waals surface area contributed by atoms with Gasteiger partial charge in [-0.1, -0.05) is 42.4 Å². The van der Waals surface area contributed by atoms with E-state index in [-0.39, 0.29) is 11.7 Å². The first-order valence-electron chi connectivity index (χ1n) is 9.76. The third kappa shape index (κ3) is 5.60. The average Bonchev–Trinajstić information content (AvgIpc) is 3.11. The van der Waals surface area contributed by atoms with Gasteiger partial charge < -0.3 is 14.6 Å². The molecule has 29 heavy (non-hydrogen) atoms. The lowest BCUT2D eigenvalue weighted by Gasteiger charge is -2.10. The highest BCUT2D eigenvalue weighted by atomic mass is 32.2. The molecule has 152 valence electrons. The van der Waals surface area contributed by atoms with Gasteiger partial charge >= 0.3 is 0 Å². The molecule has 3 aromatic rings. The lowest BCUT2D eigenvalue weighted by atomic mass is 10.1. The number of thioether (sulfide) groups is 1. The number of hydrogen-bond acceptors (Lipinski definition) is 5. The molecule has 0 aliphatic heterocycles. The van der Waals surface area contributed by atoms with Crippen LogP contribution in [-0.2, 0) is 11.3 Å². The summed E-state index contributed by atoms with van der Waals surface area (Å²) in [5.41, 5.74) is 2.96. The van der Waals surface area contributed by atoms with Crippen molar-refractivity contribution >= 4 is 23.4 Å². The monoisotopic (exact) mass is 410 g/mol. The SMILES string of the molecule is CCCn1c(SCC(=O)Nc2ccc(OCC)cc2)nnc1-c1cccc(C)c1. The number of benzene rings is 2. The van der Waals surface area contributed by atoms with Crippen LogP contribution in [-0.4, -0.2) is 33.0 Å². The molecular formula is C22H26N4O2S. The van der Waals surface area contributed by atoms with Crippen molar-refractivity contribution in [1.82, 2.24) is 14.8 Å². The smallest absolute Gasteiger partial charge is 0.234 e. The molecule has 0 bridgehead atoms. The van der Waals surface area contributed by atoms with Gasteiger partial charge in [-0.15, -0.1) is 10.2 Å². The molecule has 0 unspecified atom stereocenters. The van der Waals surface area contributed by atoms with Crippen molar-refractivity contribution in [3.63, 3.8) is 0 Å². The summed E-state index contributed by atoms with van der Waals surface area (Å²) < 4.78 is 7.51. The summed E-state index contributed by atoms with van der Waals surface area (Å²) in [5.74, 6) is 1.81. The van der Waals surface area contributed by atoms with Crippen LogP contribution in [0.1, 0.15) is 25.8 Å². The number of nitrogens with zero attached hydrogens (tertiary/aromatic N) is 3. The van der Waals surface area contributed by atoms with Gasteiger partial charge in [-0.05, 0) is 50.6 Å². The Balaban J connectivity index is 1.66. The number of aryl methyl sites for hydroxylation is 1. The Kier molecular flexibility index (Phi) is 7.30. The molecule has 2 aromatic carbocycles. The number of anilines is 1. The Hall–Kier alpha value is -2.80. The molecule has 7 heteroatoms. The third-order valence-corrected chi connectivity index (χ3v) is 5.19. The molecule has 0 saturated carbocycles. The van der Waals surface area contributed by atoms with E-state index >= 15 is 0 Å². The van der Waals surface area contributed by atoms with Crippen LogP contribution in [0.5, 0.6) is 5.75 Å². The van der Waals surface area contributed by atoms with Gasteiger partial charge in [0.1, 0.15) is 5.75 Å². The Morgan fingerprint density at radius 1 is 1.14 bits per heavy atom. The fourth-order valence-electron chi connectivity index (χ4n) is 2.95. The molecule has 0 atom stereocenters. The van der Waals surface area contributed by atoms with E-state index in [9.17, 15) is 4.79 Å². The minimum absolute atomic E-state index is 0.0812. The Labute approximate surface area is 175 Å². The maximum Gasteiger partial charge on any atom is 0.234 e. The largest absolute Gasteiger partial charge is 0.494 e. The van der Waals surface area contributed by atoms with Crippen molar-refractivity contribution in [3.8, 4) is 17.1 Å². The zero-order valence-electron chi connectivity index (χ0n) is 17.0. The van der Waals surface area contributed by atoms with E-state index in [2.05, 4.69) is 46.1 Å². The molecule has 0 fully saturated rings. The molecule has 1 N–H and O–H groups in total. The van der Waals surface area contributed by atoms with Crippen LogP contribution in [0.15, 0.2) is 53.7 Å². The third-order valence-electron chi connectivity index (χ3n) is 4.22. The van der Waals surface area contributed by atoms with Gasteiger partial charge in [0.05, 0.1) is 12.4 Å². The lowest BCUT2D eigenvalue weighted by Crippen LogP contribution is -2.14. The van der Waals surface area contributed by atoms with E-state index in [0.717, 1.165) is 40.9 Å². The van der Waals surface area contributed by atoms with Crippen LogP contribution >= 0.6 is 11.8 Å². The summed E-state index contributed by atoms with van der Waals surface area (Å²) in [4.78, 5) is 12.4. The number of hydrogen-bond donors (Lipinski definition) is 1. The predicted molar refractivity (Wildman–Crippen MR) is 117 cm³/mol. The number of amides is 1. The van der Waals surface area contributed by atoms with Gasteiger partial charge in [0.15, 0.2) is 11.0 Å². The van der Waals surface area contributed by atoms with Crippen molar-refractivity contribution in [2.24, 2.45) is 0 Å². The van der Waals surface area contributed by atoms with Crippen LogP contribution in [0.4, 0.5) is 5.69 Å². The highest BCUT2D eigenvalue weighted by Crippen LogP contribution is 2.25. The molecule has 0 aliphatic carbocycles. The first-order chi connectivity index (χ1) is 14.1. The van der Waals surface area contributed by atoms with E-state index in [4.69, 9.17) is 4.74 Å². The first-order valence-corrected chi connectivity index (χ1v) is 10.7. The van der Waals surface area contributed by atoms with Gasteiger partial charge in [-0.2, -0.15) is 0 Å². The van der Waals surface area contributed by atoms with Gasteiger partial charge in [0, 0.05) is 17.8 Å². The summed E-state index contributed by atoms with van der Waals surface area (Å²) in [5, 5.41) is 12.4. The Morgan fingerprint density at radius 2 is 1.93 bits per heavy atom. The molecule has 1 aromatic heterocycles. The second kappa shape index (κ2) is 10.1.